The number of esters is 1. The van der Waals surface area contributed by atoms with Crippen LogP contribution in [0.1, 0.15) is 19.8 Å². The second-order valence-electron chi connectivity index (χ2n) is 4.48. The van der Waals surface area contributed by atoms with E-state index in [1.807, 2.05) is 0 Å². The monoisotopic (exact) mass is 338 g/mol. The van der Waals surface area contributed by atoms with E-state index in [2.05, 4.69) is 4.98 Å². The number of carboxylic acid groups (broad SMARTS) is 1. The van der Waals surface area contributed by atoms with Gasteiger partial charge in [-0.2, -0.15) is 22.5 Å². The molecule has 0 spiro atoms. The summed E-state index contributed by atoms with van der Waals surface area (Å²) in [6.07, 6.45) is -0.901. The zero-order chi connectivity index (χ0) is 17.7. The van der Waals surface area contributed by atoms with Crippen LogP contribution in [0.2, 0.25) is 0 Å². The van der Waals surface area contributed by atoms with E-state index in [0.29, 0.717) is 4.90 Å². The minimum Gasteiger partial charge on any atom is -0.481 e. The van der Waals surface area contributed by atoms with Crippen LogP contribution in [-0.2, 0) is 14.3 Å². The van der Waals surface area contributed by atoms with Crippen molar-refractivity contribution in [3.63, 3.8) is 0 Å². The highest BCUT2D eigenvalue weighted by molar-refractivity contribution is 5.81. The van der Waals surface area contributed by atoms with Crippen LogP contribution >= 0.6 is 0 Å². The molecule has 0 saturated carbocycles. The van der Waals surface area contributed by atoms with E-state index in [1.165, 1.54) is 6.92 Å². The normalized spacial score (nSPS) is 11.9. The molecule has 1 atom stereocenters. The molecule has 1 rings (SSSR count). The Balaban J connectivity index is 3.26. The van der Waals surface area contributed by atoms with Crippen LogP contribution in [0, 0.1) is 23.5 Å². The SMILES string of the molecule is CCOC(=O)C(CCC(=O)O)N(C)c1c(F)c(F)nc(F)c1F. The highest BCUT2D eigenvalue weighted by atomic mass is 19.2. The lowest BCUT2D eigenvalue weighted by atomic mass is 10.1. The van der Waals surface area contributed by atoms with E-state index in [9.17, 15) is 27.2 Å². The summed E-state index contributed by atoms with van der Waals surface area (Å²) in [5, 5.41) is 8.68. The predicted molar refractivity (Wildman–Crippen MR) is 69.8 cm³/mol. The number of carbonyl (C=O) groups excluding carboxylic acids is 1. The molecule has 1 aromatic heterocycles. The molecule has 0 bridgehead atoms. The Morgan fingerprint density at radius 3 is 2.17 bits per heavy atom. The van der Waals surface area contributed by atoms with E-state index in [1.54, 1.807) is 0 Å². The van der Waals surface area contributed by atoms with Crippen LogP contribution < -0.4 is 4.90 Å². The van der Waals surface area contributed by atoms with Gasteiger partial charge in [0.15, 0.2) is 0 Å². The summed E-state index contributed by atoms with van der Waals surface area (Å²) < 4.78 is 58.5. The van der Waals surface area contributed by atoms with Gasteiger partial charge in [-0.05, 0) is 13.3 Å². The number of carbonyl (C=O) groups is 2. The maximum Gasteiger partial charge on any atom is 0.328 e. The minimum absolute atomic E-state index is 0.0692. The Hall–Kier alpha value is -2.39. The van der Waals surface area contributed by atoms with E-state index in [0.717, 1.165) is 7.05 Å². The van der Waals surface area contributed by atoms with Gasteiger partial charge in [0, 0.05) is 13.5 Å². The van der Waals surface area contributed by atoms with Crippen molar-refractivity contribution in [2.45, 2.75) is 25.8 Å². The summed E-state index contributed by atoms with van der Waals surface area (Å²) in [4.78, 5) is 25.5. The molecule has 0 fully saturated rings. The number of anilines is 1. The van der Waals surface area contributed by atoms with Gasteiger partial charge in [-0.3, -0.25) is 4.79 Å². The summed E-state index contributed by atoms with van der Waals surface area (Å²) in [7, 11) is 0.990. The van der Waals surface area contributed by atoms with Gasteiger partial charge in [0.2, 0.25) is 11.6 Å². The Morgan fingerprint density at radius 2 is 1.74 bits per heavy atom. The quantitative estimate of drug-likeness (QED) is 0.464. The Labute approximate surface area is 128 Å². The number of ether oxygens (including phenoxy) is 1. The fourth-order valence-corrected chi connectivity index (χ4v) is 1.91. The molecule has 0 aliphatic rings. The lowest BCUT2D eigenvalue weighted by Crippen LogP contribution is -2.41. The van der Waals surface area contributed by atoms with Crippen molar-refractivity contribution in [2.24, 2.45) is 0 Å². The van der Waals surface area contributed by atoms with Gasteiger partial charge in [0.25, 0.3) is 11.9 Å². The average molecular weight is 338 g/mol. The predicted octanol–water partition coefficient (Wildman–Crippen LogP) is 1.87. The number of hydrogen-bond acceptors (Lipinski definition) is 5. The smallest absolute Gasteiger partial charge is 0.328 e. The number of pyridine rings is 1. The molecule has 1 unspecified atom stereocenters. The Bertz CT molecular complexity index is 586. The number of nitrogens with zero attached hydrogens (tertiary/aromatic N) is 2. The molecule has 128 valence electrons. The third-order valence-corrected chi connectivity index (χ3v) is 2.98. The molecule has 1 aromatic rings. The van der Waals surface area contributed by atoms with Crippen molar-refractivity contribution in [1.29, 1.82) is 0 Å². The number of halogens is 4. The fraction of sp³-hybridized carbons (Fsp3) is 0.462. The topological polar surface area (TPSA) is 79.7 Å². The van der Waals surface area contributed by atoms with Crippen molar-refractivity contribution >= 4 is 17.6 Å². The summed E-state index contributed by atoms with van der Waals surface area (Å²) in [6, 6.07) is -1.45. The van der Waals surface area contributed by atoms with E-state index in [4.69, 9.17) is 9.84 Å². The van der Waals surface area contributed by atoms with Crippen molar-refractivity contribution in [3.05, 3.63) is 23.5 Å². The molecular formula is C13H14F4N2O4. The molecule has 0 radical (unpaired) electrons. The van der Waals surface area contributed by atoms with Crippen LogP contribution in [0.3, 0.4) is 0 Å². The largest absolute Gasteiger partial charge is 0.481 e. The molecule has 0 amide bonds. The van der Waals surface area contributed by atoms with Crippen LogP contribution in [0.15, 0.2) is 0 Å². The van der Waals surface area contributed by atoms with Crippen LogP contribution in [0.25, 0.3) is 0 Å². The Morgan fingerprint density at radius 1 is 1.22 bits per heavy atom. The lowest BCUT2D eigenvalue weighted by molar-refractivity contribution is -0.145. The van der Waals surface area contributed by atoms with Crippen molar-refractivity contribution in [2.75, 3.05) is 18.6 Å². The second-order valence-corrected chi connectivity index (χ2v) is 4.48. The van der Waals surface area contributed by atoms with E-state index in [-0.39, 0.29) is 13.0 Å². The van der Waals surface area contributed by atoms with Gasteiger partial charge in [-0.1, -0.05) is 0 Å². The highest BCUT2D eigenvalue weighted by Crippen LogP contribution is 2.28. The van der Waals surface area contributed by atoms with Gasteiger partial charge >= 0.3 is 11.9 Å². The van der Waals surface area contributed by atoms with Crippen LogP contribution in [-0.4, -0.2) is 41.7 Å². The number of carboxylic acids is 1. The van der Waals surface area contributed by atoms with Crippen molar-refractivity contribution in [3.8, 4) is 0 Å². The van der Waals surface area contributed by atoms with Crippen LogP contribution in [0.4, 0.5) is 23.2 Å². The number of likely N-dealkylation sites (N-methyl/N-ethyl adjacent to an activating group) is 1. The van der Waals surface area contributed by atoms with Crippen LogP contribution in [0.5, 0.6) is 0 Å². The number of rotatable bonds is 7. The molecule has 0 aliphatic heterocycles. The maximum atomic E-state index is 13.7. The van der Waals surface area contributed by atoms with E-state index < -0.39 is 53.6 Å². The zero-order valence-electron chi connectivity index (χ0n) is 12.3. The molecule has 6 nitrogen and oxygen atoms in total. The maximum absolute atomic E-state index is 13.7. The first-order valence-electron chi connectivity index (χ1n) is 6.51. The first-order chi connectivity index (χ1) is 10.7. The first kappa shape index (κ1) is 18.7. The average Bonchev–Trinajstić information content (AvgIpc) is 2.45. The lowest BCUT2D eigenvalue weighted by Gasteiger charge is -2.28. The van der Waals surface area contributed by atoms with E-state index >= 15 is 0 Å². The second kappa shape index (κ2) is 7.75. The van der Waals surface area contributed by atoms with Gasteiger partial charge in [-0.25, -0.2) is 4.79 Å². The van der Waals surface area contributed by atoms with Gasteiger partial charge in [-0.15, -0.1) is 0 Å². The summed E-state index contributed by atoms with van der Waals surface area (Å²) >= 11 is 0. The molecule has 23 heavy (non-hydrogen) atoms. The molecule has 0 aliphatic carbocycles. The summed E-state index contributed by atoms with van der Waals surface area (Å²) in [6.45, 7) is 1.40. The van der Waals surface area contributed by atoms with Gasteiger partial charge in [0.1, 0.15) is 11.7 Å². The number of aromatic nitrogens is 1. The molecule has 0 saturated heterocycles. The molecule has 10 heteroatoms. The molecular weight excluding hydrogens is 324 g/mol. The fourth-order valence-electron chi connectivity index (χ4n) is 1.91. The third kappa shape index (κ3) is 4.30. The molecule has 1 heterocycles. The third-order valence-electron chi connectivity index (χ3n) is 2.98. The van der Waals surface area contributed by atoms with Gasteiger partial charge in [0.05, 0.1) is 6.61 Å². The molecule has 0 aromatic carbocycles. The van der Waals surface area contributed by atoms with Crippen molar-refractivity contribution in [1.82, 2.24) is 4.98 Å². The number of aliphatic carboxylic acids is 1. The highest BCUT2D eigenvalue weighted by Gasteiger charge is 2.32. The first-order valence-corrected chi connectivity index (χ1v) is 6.51. The summed E-state index contributed by atoms with van der Waals surface area (Å²) in [5.41, 5.74) is -1.17. The van der Waals surface area contributed by atoms with Gasteiger partial charge < -0.3 is 14.7 Å². The summed E-state index contributed by atoms with van der Waals surface area (Å²) in [5.74, 6) is -9.60. The molecule has 1 N–H and O–H groups in total. The zero-order valence-corrected chi connectivity index (χ0v) is 12.3. The standard InChI is InChI=1S/C13H14F4N2O4/c1-3-23-13(22)6(4-5-7(20)21)19(2)10-8(14)11(16)18-12(17)9(10)15/h6H,3-5H2,1-2H3,(H,20,21). The van der Waals surface area contributed by atoms with Crippen molar-refractivity contribution < 1.29 is 37.0 Å². The Kier molecular flexibility index (Phi) is 6.28. The minimum atomic E-state index is -1.88. The number of hydrogen-bond donors (Lipinski definition) is 1.